The van der Waals surface area contributed by atoms with Crippen molar-refractivity contribution in [3.05, 3.63) is 0 Å². The van der Waals surface area contributed by atoms with Crippen molar-refractivity contribution < 1.29 is 0 Å². The summed E-state index contributed by atoms with van der Waals surface area (Å²) in [6.07, 6.45) is 0. The van der Waals surface area contributed by atoms with Crippen LogP contribution in [0.15, 0.2) is 0 Å². The minimum atomic E-state index is 0.507. The van der Waals surface area contributed by atoms with Gasteiger partial charge in [0.1, 0.15) is 0 Å². The van der Waals surface area contributed by atoms with Gasteiger partial charge in [-0.2, -0.15) is 25.3 Å². The topological polar surface area (TPSA) is 0 Å². The average molecular weight is 214 g/mol. The molecule has 2 atom stereocenters. The smallest absolute Gasteiger partial charge is 0.0151 e. The minimum absolute atomic E-state index is 0.507. The van der Waals surface area contributed by atoms with Crippen LogP contribution in [0.3, 0.4) is 0 Å². The fourth-order valence-corrected chi connectivity index (χ4v) is 3.73. The lowest BCUT2D eigenvalue weighted by molar-refractivity contribution is 1.14. The Kier molecular flexibility index (Phi) is 8.06. The zero-order valence-corrected chi connectivity index (χ0v) is 9.70. The number of rotatable bonds is 5. The molecule has 10 heavy (non-hydrogen) atoms. The fraction of sp³-hybridized carbons (Fsp3) is 1.00. The van der Waals surface area contributed by atoms with Crippen LogP contribution in [0.25, 0.3) is 0 Å². The third-order valence-electron chi connectivity index (χ3n) is 0.702. The SMILES string of the molecule is CC(S)CSSCC(C)S. The summed E-state index contributed by atoms with van der Waals surface area (Å²) < 4.78 is 0. The molecule has 2 unspecified atom stereocenters. The van der Waals surface area contributed by atoms with Gasteiger partial charge in [0, 0.05) is 22.0 Å². The highest BCUT2D eigenvalue weighted by atomic mass is 33.1. The van der Waals surface area contributed by atoms with Crippen molar-refractivity contribution in [2.75, 3.05) is 11.5 Å². The quantitative estimate of drug-likeness (QED) is 0.410. The largest absolute Gasteiger partial charge is 0.175 e. The normalized spacial score (nSPS) is 16.8. The van der Waals surface area contributed by atoms with Crippen LogP contribution in [-0.4, -0.2) is 22.0 Å². The van der Waals surface area contributed by atoms with E-state index < -0.39 is 0 Å². The summed E-state index contributed by atoms with van der Waals surface area (Å²) in [6.45, 7) is 4.22. The van der Waals surface area contributed by atoms with Crippen LogP contribution in [0.4, 0.5) is 0 Å². The third-order valence-corrected chi connectivity index (χ3v) is 4.32. The molecule has 0 aliphatic carbocycles. The van der Waals surface area contributed by atoms with E-state index in [9.17, 15) is 0 Å². The van der Waals surface area contributed by atoms with Gasteiger partial charge in [-0.25, -0.2) is 0 Å². The predicted octanol–water partition coefficient (Wildman–Crippen LogP) is 3.00. The Morgan fingerprint density at radius 1 is 1.00 bits per heavy atom. The van der Waals surface area contributed by atoms with E-state index in [4.69, 9.17) is 0 Å². The van der Waals surface area contributed by atoms with Crippen molar-refractivity contribution >= 4 is 46.8 Å². The molecule has 0 aliphatic rings. The molecule has 0 nitrogen and oxygen atoms in total. The average Bonchev–Trinajstić information content (AvgIpc) is 1.79. The van der Waals surface area contributed by atoms with E-state index in [-0.39, 0.29) is 0 Å². The van der Waals surface area contributed by atoms with E-state index in [1.165, 1.54) is 0 Å². The van der Waals surface area contributed by atoms with Gasteiger partial charge in [0.25, 0.3) is 0 Å². The molecule has 0 aromatic heterocycles. The number of thiol groups is 2. The Morgan fingerprint density at radius 3 is 1.50 bits per heavy atom. The first-order chi connectivity index (χ1) is 4.63. The van der Waals surface area contributed by atoms with E-state index >= 15 is 0 Å². The summed E-state index contributed by atoms with van der Waals surface area (Å²) in [5.74, 6) is 2.24. The number of hydrogen-bond donors (Lipinski definition) is 2. The zero-order chi connectivity index (χ0) is 7.98. The van der Waals surface area contributed by atoms with Crippen LogP contribution in [0.2, 0.25) is 0 Å². The van der Waals surface area contributed by atoms with Crippen LogP contribution in [0.1, 0.15) is 13.8 Å². The van der Waals surface area contributed by atoms with Crippen molar-refractivity contribution in [3.63, 3.8) is 0 Å². The zero-order valence-electron chi connectivity index (χ0n) is 6.28. The lowest BCUT2D eigenvalue weighted by atomic mass is 10.6. The third kappa shape index (κ3) is 9.40. The molecule has 0 amide bonds. The van der Waals surface area contributed by atoms with Gasteiger partial charge in [0.15, 0.2) is 0 Å². The highest BCUT2D eigenvalue weighted by Gasteiger charge is 1.97. The maximum absolute atomic E-state index is 4.27. The highest BCUT2D eigenvalue weighted by Crippen LogP contribution is 2.24. The lowest BCUT2D eigenvalue weighted by Gasteiger charge is -2.04. The van der Waals surface area contributed by atoms with Crippen molar-refractivity contribution in [2.45, 2.75) is 24.3 Å². The molecule has 0 aliphatic heterocycles. The van der Waals surface area contributed by atoms with E-state index in [0.717, 1.165) is 11.5 Å². The fourth-order valence-electron chi connectivity index (χ4n) is 0.293. The molecule has 0 N–H and O–H groups in total. The molecule has 0 saturated carbocycles. The first-order valence-corrected chi connectivity index (χ1v) is 6.75. The van der Waals surface area contributed by atoms with Crippen LogP contribution in [0, 0.1) is 0 Å². The summed E-state index contributed by atoms with van der Waals surface area (Å²) in [6, 6.07) is 0. The Hall–Kier alpha value is 1.40. The second-order valence-electron chi connectivity index (χ2n) is 2.27. The Balaban J connectivity index is 2.91. The molecule has 0 aromatic carbocycles. The summed E-state index contributed by atoms with van der Waals surface area (Å²) in [5, 5.41) is 1.01. The highest BCUT2D eigenvalue weighted by molar-refractivity contribution is 8.76. The first-order valence-electron chi connectivity index (χ1n) is 3.23. The Labute approximate surface area is 82.5 Å². The van der Waals surface area contributed by atoms with Gasteiger partial charge in [-0.05, 0) is 0 Å². The summed E-state index contributed by atoms with van der Waals surface area (Å²) >= 11 is 8.54. The maximum atomic E-state index is 4.27. The van der Waals surface area contributed by atoms with Gasteiger partial charge in [0.05, 0.1) is 0 Å². The van der Waals surface area contributed by atoms with Gasteiger partial charge in [-0.15, -0.1) is 0 Å². The molecule has 0 bridgehead atoms. The van der Waals surface area contributed by atoms with Crippen molar-refractivity contribution in [1.82, 2.24) is 0 Å². The molecule has 62 valence electrons. The molecular weight excluding hydrogens is 200 g/mol. The lowest BCUT2D eigenvalue weighted by Crippen LogP contribution is -1.95. The van der Waals surface area contributed by atoms with Crippen LogP contribution < -0.4 is 0 Å². The molecule has 0 rings (SSSR count). The molecule has 0 heterocycles. The van der Waals surface area contributed by atoms with E-state index in [1.54, 1.807) is 0 Å². The second-order valence-corrected chi connectivity index (χ2v) is 6.58. The van der Waals surface area contributed by atoms with Gasteiger partial charge < -0.3 is 0 Å². The molecule has 4 heteroatoms. The number of hydrogen-bond acceptors (Lipinski definition) is 4. The van der Waals surface area contributed by atoms with E-state index in [1.807, 2.05) is 21.6 Å². The first kappa shape index (κ1) is 11.4. The molecule has 0 fully saturated rings. The van der Waals surface area contributed by atoms with Crippen LogP contribution in [-0.2, 0) is 0 Å². The Bertz CT molecular complexity index is 62.1. The Morgan fingerprint density at radius 2 is 1.30 bits per heavy atom. The molecular formula is C6H14S4. The molecule has 0 saturated heterocycles. The molecule has 0 spiro atoms. The van der Waals surface area contributed by atoms with Crippen molar-refractivity contribution in [1.29, 1.82) is 0 Å². The van der Waals surface area contributed by atoms with Crippen LogP contribution >= 0.6 is 46.8 Å². The van der Waals surface area contributed by atoms with Gasteiger partial charge in [-0.1, -0.05) is 35.4 Å². The van der Waals surface area contributed by atoms with Crippen molar-refractivity contribution in [3.8, 4) is 0 Å². The van der Waals surface area contributed by atoms with Crippen LogP contribution in [0.5, 0.6) is 0 Å². The monoisotopic (exact) mass is 214 g/mol. The van der Waals surface area contributed by atoms with E-state index in [0.29, 0.717) is 10.5 Å². The second kappa shape index (κ2) is 7.07. The summed E-state index contributed by atoms with van der Waals surface area (Å²) in [7, 11) is 3.76. The van der Waals surface area contributed by atoms with E-state index in [2.05, 4.69) is 39.1 Å². The molecule has 0 radical (unpaired) electrons. The summed E-state index contributed by atoms with van der Waals surface area (Å²) in [5.41, 5.74) is 0. The van der Waals surface area contributed by atoms with Gasteiger partial charge >= 0.3 is 0 Å². The van der Waals surface area contributed by atoms with Gasteiger partial charge in [-0.3, -0.25) is 0 Å². The maximum Gasteiger partial charge on any atom is 0.0151 e. The minimum Gasteiger partial charge on any atom is -0.175 e. The standard InChI is InChI=1S/C6H14S4/c1-5(7)3-9-10-4-6(2)8/h5-8H,3-4H2,1-2H3. The van der Waals surface area contributed by atoms with Gasteiger partial charge in [0.2, 0.25) is 0 Å². The summed E-state index contributed by atoms with van der Waals surface area (Å²) in [4.78, 5) is 0. The molecule has 0 aromatic rings. The predicted molar refractivity (Wildman–Crippen MR) is 61.8 cm³/mol. The van der Waals surface area contributed by atoms with Crippen molar-refractivity contribution in [2.24, 2.45) is 0 Å².